The first-order valence-corrected chi connectivity index (χ1v) is 11.3. The number of alkyl halides is 3. The van der Waals surface area contributed by atoms with Gasteiger partial charge in [0.1, 0.15) is 4.90 Å². The Balaban J connectivity index is 1.67. The lowest BCUT2D eigenvalue weighted by molar-refractivity contribution is -0.137. The van der Waals surface area contributed by atoms with Gasteiger partial charge in [0.2, 0.25) is 15.9 Å². The summed E-state index contributed by atoms with van der Waals surface area (Å²) >= 11 is 5.83. The Bertz CT molecular complexity index is 1040. The van der Waals surface area contributed by atoms with Crippen LogP contribution in [0.3, 0.4) is 0 Å². The van der Waals surface area contributed by atoms with Gasteiger partial charge in [-0.1, -0.05) is 29.8 Å². The van der Waals surface area contributed by atoms with E-state index in [0.717, 1.165) is 11.8 Å². The number of carbonyl (C=O) groups is 1. The number of hydrogen-bond acceptors (Lipinski definition) is 4. The van der Waals surface area contributed by atoms with Gasteiger partial charge in [-0.15, -0.1) is 0 Å². The second-order valence-corrected chi connectivity index (χ2v) is 9.22. The maximum absolute atomic E-state index is 13.0. The maximum atomic E-state index is 13.0. The van der Waals surface area contributed by atoms with E-state index in [1.807, 2.05) is 30.3 Å². The molecule has 1 saturated heterocycles. The van der Waals surface area contributed by atoms with Crippen LogP contribution in [0.2, 0.25) is 5.02 Å². The van der Waals surface area contributed by atoms with Gasteiger partial charge in [0.05, 0.1) is 16.6 Å². The Morgan fingerprint density at radius 2 is 1.68 bits per heavy atom. The van der Waals surface area contributed by atoms with Crippen LogP contribution in [0.25, 0.3) is 0 Å². The van der Waals surface area contributed by atoms with Gasteiger partial charge < -0.3 is 9.80 Å². The normalized spacial score (nSPS) is 16.3. The van der Waals surface area contributed by atoms with Gasteiger partial charge in [0, 0.05) is 31.9 Å². The molecule has 168 valence electrons. The Morgan fingerprint density at radius 1 is 1.06 bits per heavy atom. The first kappa shape index (κ1) is 23.4. The first-order chi connectivity index (χ1) is 14.5. The van der Waals surface area contributed by atoms with E-state index >= 15 is 0 Å². The van der Waals surface area contributed by atoms with Crippen LogP contribution in [0.5, 0.6) is 0 Å². The van der Waals surface area contributed by atoms with E-state index in [9.17, 15) is 26.4 Å². The molecule has 0 unspecified atom stereocenters. The van der Waals surface area contributed by atoms with E-state index < -0.39 is 38.6 Å². The van der Waals surface area contributed by atoms with Gasteiger partial charge in [-0.2, -0.15) is 17.9 Å². The molecule has 0 aliphatic carbocycles. The van der Waals surface area contributed by atoms with E-state index in [2.05, 4.69) is 9.62 Å². The number of benzene rings is 2. The van der Waals surface area contributed by atoms with Crippen LogP contribution in [0.4, 0.5) is 18.9 Å². The van der Waals surface area contributed by atoms with Crippen molar-refractivity contribution in [2.75, 3.05) is 31.1 Å². The third-order valence-electron chi connectivity index (χ3n) is 4.96. The van der Waals surface area contributed by atoms with Crippen molar-refractivity contribution >= 4 is 33.2 Å². The van der Waals surface area contributed by atoms with Crippen molar-refractivity contribution in [2.45, 2.75) is 24.0 Å². The van der Waals surface area contributed by atoms with Crippen LogP contribution >= 0.6 is 11.6 Å². The van der Waals surface area contributed by atoms with E-state index in [1.54, 1.807) is 0 Å². The van der Waals surface area contributed by atoms with Crippen LogP contribution in [-0.2, 0) is 21.0 Å². The van der Waals surface area contributed by atoms with Crippen molar-refractivity contribution in [1.29, 1.82) is 0 Å². The fraction of sp³-hybridized carbons (Fsp3) is 0.350. The summed E-state index contributed by atoms with van der Waals surface area (Å²) in [5.41, 5.74) is -0.115. The minimum absolute atomic E-state index is 0.364. The first-order valence-electron chi connectivity index (χ1n) is 9.47. The second-order valence-electron chi connectivity index (χ2n) is 7.13. The number of nitrogens with one attached hydrogen (secondary N) is 1. The average Bonchev–Trinajstić information content (AvgIpc) is 2.73. The average molecular weight is 476 g/mol. The third kappa shape index (κ3) is 5.50. The lowest BCUT2D eigenvalue weighted by atomic mass is 10.2. The zero-order chi connectivity index (χ0) is 22.8. The minimum Gasteiger partial charge on any atom is -0.368 e. The Hall–Kier alpha value is -2.30. The minimum atomic E-state index is -4.73. The summed E-state index contributed by atoms with van der Waals surface area (Å²) in [6.07, 6.45) is -4.73. The molecular weight excluding hydrogens is 455 g/mol. The second kappa shape index (κ2) is 9.05. The Labute approximate surface area is 183 Å². The molecule has 1 N–H and O–H groups in total. The highest BCUT2D eigenvalue weighted by Gasteiger charge is 2.34. The quantitative estimate of drug-likeness (QED) is 0.720. The number of piperazine rings is 1. The molecule has 0 saturated carbocycles. The van der Waals surface area contributed by atoms with Crippen LogP contribution in [0, 0.1) is 0 Å². The number of carbonyl (C=O) groups excluding carboxylic acids is 1. The van der Waals surface area contributed by atoms with Gasteiger partial charge in [0.15, 0.2) is 0 Å². The molecule has 2 aromatic rings. The molecule has 0 spiro atoms. The van der Waals surface area contributed by atoms with Crippen LogP contribution < -0.4 is 9.62 Å². The summed E-state index contributed by atoms with van der Waals surface area (Å²) in [4.78, 5) is 15.6. The number of halogens is 4. The van der Waals surface area contributed by atoms with Crippen LogP contribution in [-0.4, -0.2) is 51.4 Å². The summed E-state index contributed by atoms with van der Waals surface area (Å²) in [5, 5.41) is -0.364. The lowest BCUT2D eigenvalue weighted by Crippen LogP contribution is -2.54. The van der Waals surface area contributed by atoms with E-state index in [-0.39, 0.29) is 5.02 Å². The third-order valence-corrected chi connectivity index (χ3v) is 6.99. The number of sulfonamides is 1. The highest BCUT2D eigenvalue weighted by molar-refractivity contribution is 7.89. The van der Waals surface area contributed by atoms with Gasteiger partial charge in [-0.3, -0.25) is 4.79 Å². The van der Waals surface area contributed by atoms with E-state index in [1.165, 1.54) is 11.8 Å². The van der Waals surface area contributed by atoms with Crippen molar-refractivity contribution in [2.24, 2.45) is 0 Å². The summed E-state index contributed by atoms with van der Waals surface area (Å²) in [7, 11) is -4.45. The van der Waals surface area contributed by atoms with Gasteiger partial charge in [-0.25, -0.2) is 8.42 Å². The smallest absolute Gasteiger partial charge is 0.368 e. The van der Waals surface area contributed by atoms with Crippen molar-refractivity contribution < 1.29 is 26.4 Å². The van der Waals surface area contributed by atoms with Gasteiger partial charge in [-0.05, 0) is 37.3 Å². The molecule has 0 radical (unpaired) electrons. The molecule has 3 rings (SSSR count). The molecule has 1 amide bonds. The summed E-state index contributed by atoms with van der Waals surface area (Å²) < 4.78 is 66.3. The Morgan fingerprint density at radius 3 is 2.26 bits per heavy atom. The van der Waals surface area contributed by atoms with Crippen molar-refractivity contribution in [3.8, 4) is 0 Å². The molecule has 1 heterocycles. The molecule has 0 bridgehead atoms. The molecule has 1 aliphatic heterocycles. The number of para-hydroxylation sites is 1. The zero-order valence-electron chi connectivity index (χ0n) is 16.6. The molecule has 31 heavy (non-hydrogen) atoms. The summed E-state index contributed by atoms with van der Waals surface area (Å²) in [6.45, 7) is 3.29. The van der Waals surface area contributed by atoms with E-state index in [0.29, 0.717) is 38.3 Å². The largest absolute Gasteiger partial charge is 0.416 e. The van der Waals surface area contributed by atoms with Gasteiger partial charge in [0.25, 0.3) is 0 Å². The predicted octanol–water partition coefficient (Wildman–Crippen LogP) is 3.37. The van der Waals surface area contributed by atoms with Crippen LogP contribution in [0.1, 0.15) is 12.5 Å². The standard InChI is InChI=1S/C20H21ClF3N3O3S/c1-14(19(28)27-11-9-26(10-12-27)16-5-3-2-4-6-16)25-31(29,30)18-13-15(20(22,23)24)7-8-17(18)21/h2-8,13-14,25H,9-12H2,1H3/t14-/m0/s1. The molecule has 6 nitrogen and oxygen atoms in total. The fourth-order valence-electron chi connectivity index (χ4n) is 3.33. The summed E-state index contributed by atoms with van der Waals surface area (Å²) in [6, 6.07) is 10.5. The number of rotatable bonds is 5. The molecule has 0 aromatic heterocycles. The molecule has 1 aliphatic rings. The molecule has 1 atom stereocenters. The lowest BCUT2D eigenvalue weighted by Gasteiger charge is -2.37. The summed E-state index contributed by atoms with van der Waals surface area (Å²) in [5.74, 6) is -0.459. The number of nitrogens with zero attached hydrogens (tertiary/aromatic N) is 2. The van der Waals surface area contributed by atoms with Crippen LogP contribution in [0.15, 0.2) is 53.4 Å². The predicted molar refractivity (Wildman–Crippen MR) is 111 cm³/mol. The van der Waals surface area contributed by atoms with Crippen molar-refractivity contribution in [1.82, 2.24) is 9.62 Å². The van der Waals surface area contributed by atoms with Crippen molar-refractivity contribution in [3.63, 3.8) is 0 Å². The fourth-order valence-corrected chi connectivity index (χ4v) is 5.05. The van der Waals surface area contributed by atoms with Gasteiger partial charge >= 0.3 is 6.18 Å². The molecule has 11 heteroatoms. The SMILES string of the molecule is C[C@H](NS(=O)(=O)c1cc(C(F)(F)F)ccc1Cl)C(=O)N1CCN(c2ccccc2)CC1. The highest BCUT2D eigenvalue weighted by atomic mass is 35.5. The number of hydrogen-bond donors (Lipinski definition) is 1. The number of anilines is 1. The number of amides is 1. The molecular formula is C20H21ClF3N3O3S. The monoisotopic (exact) mass is 475 g/mol. The molecule has 2 aromatic carbocycles. The van der Waals surface area contributed by atoms with Crippen molar-refractivity contribution in [3.05, 3.63) is 59.1 Å². The molecule has 1 fully saturated rings. The topological polar surface area (TPSA) is 69.7 Å². The zero-order valence-corrected chi connectivity index (χ0v) is 18.1. The van der Waals surface area contributed by atoms with E-state index in [4.69, 9.17) is 11.6 Å². The maximum Gasteiger partial charge on any atom is 0.416 e. The Kier molecular flexibility index (Phi) is 6.82. The highest BCUT2D eigenvalue weighted by Crippen LogP contribution is 2.33.